The highest BCUT2D eigenvalue weighted by atomic mass is 16.5. The molecule has 0 aromatic heterocycles. The van der Waals surface area contributed by atoms with Gasteiger partial charge in [-0.25, -0.2) is 0 Å². The van der Waals surface area contributed by atoms with Gasteiger partial charge in [-0.1, -0.05) is 20.8 Å². The zero-order valence-electron chi connectivity index (χ0n) is 15.5. The number of amides is 3. The van der Waals surface area contributed by atoms with Crippen molar-refractivity contribution in [3.63, 3.8) is 0 Å². The van der Waals surface area contributed by atoms with Crippen LogP contribution < -0.4 is 5.32 Å². The monoisotopic (exact) mass is 338 g/mol. The summed E-state index contributed by atoms with van der Waals surface area (Å²) in [5.74, 6) is -0.893. The van der Waals surface area contributed by atoms with Crippen LogP contribution in [0, 0.1) is 5.41 Å². The van der Waals surface area contributed by atoms with Crippen molar-refractivity contribution in [2.75, 3.05) is 19.7 Å². The highest BCUT2D eigenvalue weighted by Crippen LogP contribution is 2.21. The van der Waals surface area contributed by atoms with E-state index in [0.717, 1.165) is 11.3 Å². The molecule has 136 valence electrons. The summed E-state index contributed by atoms with van der Waals surface area (Å²) in [5, 5.41) is 2.81. The molecule has 0 unspecified atom stereocenters. The molecule has 1 rings (SSSR count). The molecular weight excluding hydrogens is 308 g/mol. The minimum Gasteiger partial charge on any atom is -0.375 e. The molecule has 0 aromatic carbocycles. The summed E-state index contributed by atoms with van der Waals surface area (Å²) >= 11 is 0. The predicted octanol–water partition coefficient (Wildman–Crippen LogP) is 2.04. The van der Waals surface area contributed by atoms with Gasteiger partial charge in [-0.05, 0) is 32.1 Å². The number of ether oxygens (including phenoxy) is 1. The van der Waals surface area contributed by atoms with E-state index in [-0.39, 0.29) is 41.7 Å². The largest absolute Gasteiger partial charge is 0.375 e. The van der Waals surface area contributed by atoms with Gasteiger partial charge in [0.2, 0.25) is 5.91 Å². The second-order valence-corrected chi connectivity index (χ2v) is 7.93. The Hall–Kier alpha value is -1.69. The Morgan fingerprint density at radius 3 is 2.21 bits per heavy atom. The molecule has 0 aliphatic carbocycles. The molecule has 0 aromatic rings. The fourth-order valence-electron chi connectivity index (χ4n) is 2.16. The Kier molecular flexibility index (Phi) is 7.14. The van der Waals surface area contributed by atoms with Gasteiger partial charge in [0, 0.05) is 38.3 Å². The van der Waals surface area contributed by atoms with Gasteiger partial charge in [0.1, 0.15) is 0 Å². The second kappa shape index (κ2) is 8.42. The molecule has 0 saturated carbocycles. The van der Waals surface area contributed by atoms with Crippen molar-refractivity contribution in [3.8, 4) is 0 Å². The first-order valence-electron chi connectivity index (χ1n) is 8.44. The molecule has 1 aliphatic heterocycles. The molecule has 6 heteroatoms. The minimum absolute atomic E-state index is 0.113. The number of nitrogens with one attached hydrogen (secondary N) is 1. The van der Waals surface area contributed by atoms with Crippen LogP contribution in [0.15, 0.2) is 12.2 Å². The summed E-state index contributed by atoms with van der Waals surface area (Å²) in [6.07, 6.45) is 4.24. The Bertz CT molecular complexity index is 486. The number of hydrogen-bond donors (Lipinski definition) is 1. The van der Waals surface area contributed by atoms with Crippen LogP contribution >= 0.6 is 0 Å². The first-order chi connectivity index (χ1) is 11.0. The third kappa shape index (κ3) is 7.73. The summed E-state index contributed by atoms with van der Waals surface area (Å²) < 4.78 is 5.90. The lowest BCUT2D eigenvalue weighted by Crippen LogP contribution is -2.36. The van der Waals surface area contributed by atoms with Gasteiger partial charge in [-0.2, -0.15) is 0 Å². The van der Waals surface area contributed by atoms with Crippen LogP contribution in [0.1, 0.15) is 53.9 Å². The first kappa shape index (κ1) is 20.4. The second-order valence-electron chi connectivity index (χ2n) is 7.93. The maximum atomic E-state index is 11.8. The summed E-state index contributed by atoms with van der Waals surface area (Å²) in [7, 11) is 0. The Balaban J connectivity index is 2.20. The minimum atomic E-state index is -0.360. The van der Waals surface area contributed by atoms with E-state index in [0.29, 0.717) is 19.6 Å². The van der Waals surface area contributed by atoms with Crippen molar-refractivity contribution >= 4 is 17.7 Å². The van der Waals surface area contributed by atoms with Crippen molar-refractivity contribution in [2.45, 2.75) is 59.5 Å². The van der Waals surface area contributed by atoms with Gasteiger partial charge in [-0.15, -0.1) is 0 Å². The van der Waals surface area contributed by atoms with Crippen LogP contribution in [0.4, 0.5) is 0 Å². The van der Waals surface area contributed by atoms with Crippen LogP contribution in [0.2, 0.25) is 0 Å². The molecule has 0 fully saturated rings. The van der Waals surface area contributed by atoms with Gasteiger partial charge >= 0.3 is 0 Å². The summed E-state index contributed by atoms with van der Waals surface area (Å²) in [6, 6.07) is 0. The van der Waals surface area contributed by atoms with E-state index in [9.17, 15) is 14.4 Å². The molecule has 1 N–H and O–H groups in total. The van der Waals surface area contributed by atoms with Crippen molar-refractivity contribution in [1.82, 2.24) is 10.2 Å². The molecule has 1 aliphatic rings. The lowest BCUT2D eigenvalue weighted by atomic mass is 9.93. The molecule has 6 nitrogen and oxygen atoms in total. The van der Waals surface area contributed by atoms with E-state index >= 15 is 0 Å². The molecule has 1 heterocycles. The molecule has 0 saturated heterocycles. The van der Waals surface area contributed by atoms with E-state index in [1.54, 1.807) is 0 Å². The van der Waals surface area contributed by atoms with E-state index < -0.39 is 0 Å². The third-order valence-corrected chi connectivity index (χ3v) is 3.86. The van der Waals surface area contributed by atoms with Gasteiger partial charge in [0.25, 0.3) is 11.8 Å². The molecule has 3 amide bonds. The number of imide groups is 1. The zero-order valence-corrected chi connectivity index (χ0v) is 15.5. The molecule has 24 heavy (non-hydrogen) atoms. The molecule has 0 atom stereocenters. The van der Waals surface area contributed by atoms with Crippen molar-refractivity contribution < 1.29 is 19.1 Å². The zero-order chi connectivity index (χ0) is 18.4. The SMILES string of the molecule is CC(C)(C)CCOC(C)(C)CCNC(=O)CCN1C(=O)C=CC1=O. The number of rotatable bonds is 9. The predicted molar refractivity (Wildman–Crippen MR) is 92.2 cm³/mol. The Morgan fingerprint density at radius 1 is 1.08 bits per heavy atom. The fraction of sp³-hybridized carbons (Fsp3) is 0.722. The van der Waals surface area contributed by atoms with Crippen LogP contribution in [0.5, 0.6) is 0 Å². The average molecular weight is 338 g/mol. The summed E-state index contributed by atoms with van der Waals surface area (Å²) in [5.41, 5.74) is -0.0626. The lowest BCUT2D eigenvalue weighted by Gasteiger charge is -2.28. The van der Waals surface area contributed by atoms with Gasteiger partial charge in [0.15, 0.2) is 0 Å². The van der Waals surface area contributed by atoms with Gasteiger partial charge in [-0.3, -0.25) is 19.3 Å². The van der Waals surface area contributed by atoms with Crippen molar-refractivity contribution in [1.29, 1.82) is 0 Å². The highest BCUT2D eigenvalue weighted by molar-refractivity contribution is 6.13. The summed E-state index contributed by atoms with van der Waals surface area (Å²) in [6.45, 7) is 11.9. The maximum absolute atomic E-state index is 11.8. The number of hydrogen-bond acceptors (Lipinski definition) is 4. The topological polar surface area (TPSA) is 75.7 Å². The number of carbonyl (C=O) groups excluding carboxylic acids is 3. The Labute approximate surface area is 144 Å². The van der Waals surface area contributed by atoms with Crippen LogP contribution in [-0.4, -0.2) is 47.9 Å². The summed E-state index contributed by atoms with van der Waals surface area (Å²) in [4.78, 5) is 35.7. The highest BCUT2D eigenvalue weighted by Gasteiger charge is 2.24. The van der Waals surface area contributed by atoms with E-state index in [1.165, 1.54) is 12.2 Å². The first-order valence-corrected chi connectivity index (χ1v) is 8.44. The normalized spacial score (nSPS) is 15.3. The standard InChI is InChI=1S/C18H30N2O4/c1-17(2,3)10-13-24-18(4,5)9-11-19-14(21)8-12-20-15(22)6-7-16(20)23/h6-7H,8-13H2,1-5H3,(H,19,21). The molecule has 0 bridgehead atoms. The maximum Gasteiger partial charge on any atom is 0.253 e. The van der Waals surface area contributed by atoms with E-state index in [2.05, 4.69) is 26.1 Å². The van der Waals surface area contributed by atoms with Crippen LogP contribution in [0.25, 0.3) is 0 Å². The van der Waals surface area contributed by atoms with Crippen LogP contribution in [-0.2, 0) is 19.1 Å². The number of carbonyl (C=O) groups is 3. The van der Waals surface area contributed by atoms with Gasteiger partial charge < -0.3 is 10.1 Å². The van der Waals surface area contributed by atoms with Crippen molar-refractivity contribution in [3.05, 3.63) is 12.2 Å². The van der Waals surface area contributed by atoms with Crippen LogP contribution in [0.3, 0.4) is 0 Å². The molecule has 0 spiro atoms. The third-order valence-electron chi connectivity index (χ3n) is 3.86. The van der Waals surface area contributed by atoms with Crippen molar-refractivity contribution in [2.24, 2.45) is 5.41 Å². The van der Waals surface area contributed by atoms with E-state index in [4.69, 9.17) is 4.74 Å². The lowest BCUT2D eigenvalue weighted by molar-refractivity contribution is -0.137. The molecular formula is C18H30N2O4. The average Bonchev–Trinajstić information content (AvgIpc) is 2.74. The Morgan fingerprint density at radius 2 is 1.67 bits per heavy atom. The molecule has 0 radical (unpaired) electrons. The smallest absolute Gasteiger partial charge is 0.253 e. The van der Waals surface area contributed by atoms with Gasteiger partial charge in [0.05, 0.1) is 5.60 Å². The van der Waals surface area contributed by atoms with E-state index in [1.807, 2.05) is 13.8 Å². The quantitative estimate of drug-likeness (QED) is 0.653. The fourth-order valence-corrected chi connectivity index (χ4v) is 2.16. The number of nitrogens with zero attached hydrogens (tertiary/aromatic N) is 1.